The van der Waals surface area contributed by atoms with Crippen LogP contribution in [-0.4, -0.2) is 53.5 Å². The Balaban J connectivity index is 2.38. The van der Waals surface area contributed by atoms with E-state index in [0.29, 0.717) is 6.16 Å². The van der Waals surface area contributed by atoms with E-state index in [1.807, 2.05) is 0 Å². The fourth-order valence-electron chi connectivity index (χ4n) is 2.15. The number of rotatable bonds is 10. The van der Waals surface area contributed by atoms with E-state index in [-0.39, 0.29) is 13.0 Å². The average Bonchev–Trinajstić information content (AvgIpc) is 2.72. The van der Waals surface area contributed by atoms with Crippen molar-refractivity contribution in [1.29, 1.82) is 0 Å². The summed E-state index contributed by atoms with van der Waals surface area (Å²) in [6.07, 6.45) is 3.49. The quantitative estimate of drug-likeness (QED) is 0.302. The van der Waals surface area contributed by atoms with Gasteiger partial charge in [-0.1, -0.05) is 26.2 Å². The lowest BCUT2D eigenvalue weighted by Crippen LogP contribution is -2.23. The first-order valence-corrected chi connectivity index (χ1v) is 11.6. The van der Waals surface area contributed by atoms with E-state index in [2.05, 4.69) is 11.4 Å². The van der Waals surface area contributed by atoms with Crippen molar-refractivity contribution in [2.45, 2.75) is 57.2 Å². The summed E-state index contributed by atoms with van der Waals surface area (Å²) in [5, 5.41) is 0. The minimum absolute atomic E-state index is 0.273. The van der Waals surface area contributed by atoms with Crippen LogP contribution in [0.4, 0.5) is 0 Å². The zero-order chi connectivity index (χ0) is 16.8. The lowest BCUT2D eigenvalue weighted by Gasteiger charge is -2.22. The highest BCUT2D eigenvalue weighted by atomic mass is 32.5. The van der Waals surface area contributed by atoms with Crippen LogP contribution in [0.2, 0.25) is 0 Å². The number of hydrogen-bond acceptors (Lipinski definition) is 5. The Hall–Kier alpha value is 0.705. The molecule has 11 heteroatoms. The highest BCUT2D eigenvalue weighted by Crippen LogP contribution is 2.47. The van der Waals surface area contributed by atoms with Crippen molar-refractivity contribution in [2.75, 3.05) is 12.8 Å². The Morgan fingerprint density at radius 2 is 2.00 bits per heavy atom. The van der Waals surface area contributed by atoms with Crippen molar-refractivity contribution in [3.05, 3.63) is 0 Å². The molecular formula is C11H23BO7P2S. The van der Waals surface area contributed by atoms with Crippen molar-refractivity contribution in [1.82, 2.24) is 0 Å². The molecule has 4 atom stereocenters. The third kappa shape index (κ3) is 8.53. The monoisotopic (exact) mass is 372 g/mol. The van der Waals surface area contributed by atoms with Crippen LogP contribution in [0.25, 0.3) is 0 Å². The molecule has 0 aliphatic carbocycles. The van der Waals surface area contributed by atoms with E-state index in [1.165, 1.54) is 0 Å². The highest BCUT2D eigenvalue weighted by Gasteiger charge is 2.36. The molecule has 0 amide bonds. The molecule has 0 saturated carbocycles. The number of ether oxygens (including phenoxy) is 1. The van der Waals surface area contributed by atoms with Crippen LogP contribution < -0.4 is 0 Å². The Morgan fingerprint density at radius 1 is 1.32 bits per heavy atom. The third-order valence-electron chi connectivity index (χ3n) is 3.23. The van der Waals surface area contributed by atoms with Crippen LogP contribution in [0.5, 0.6) is 0 Å². The molecule has 1 aliphatic heterocycles. The van der Waals surface area contributed by atoms with E-state index >= 15 is 0 Å². The molecule has 0 aromatic rings. The van der Waals surface area contributed by atoms with E-state index in [9.17, 15) is 9.46 Å². The normalized spacial score (nSPS) is 28.6. The average molecular weight is 372 g/mol. The van der Waals surface area contributed by atoms with Gasteiger partial charge in [0.2, 0.25) is 0 Å². The topological polar surface area (TPSA) is 105 Å². The smallest absolute Gasteiger partial charge is 0.380 e. The van der Waals surface area contributed by atoms with Crippen LogP contribution in [0.1, 0.15) is 39.0 Å². The summed E-state index contributed by atoms with van der Waals surface area (Å²) in [6.45, 7) is -1.11. The van der Waals surface area contributed by atoms with Crippen LogP contribution in [-0.2, 0) is 30.2 Å². The molecule has 0 bridgehead atoms. The van der Waals surface area contributed by atoms with E-state index in [1.54, 1.807) is 0 Å². The summed E-state index contributed by atoms with van der Waals surface area (Å²) in [6, 6.07) is -0.796. The van der Waals surface area contributed by atoms with Crippen molar-refractivity contribution in [3.8, 4) is 0 Å². The second-order valence-corrected chi connectivity index (χ2v) is 10.2. The second-order valence-electron chi connectivity index (χ2n) is 5.31. The zero-order valence-electron chi connectivity index (χ0n) is 12.5. The van der Waals surface area contributed by atoms with Crippen molar-refractivity contribution >= 4 is 34.0 Å². The van der Waals surface area contributed by atoms with Gasteiger partial charge in [0.25, 0.3) is 0 Å². The first kappa shape index (κ1) is 20.7. The minimum Gasteiger partial charge on any atom is -0.380 e. The molecular weight excluding hydrogens is 349 g/mol. The molecule has 22 heavy (non-hydrogen) atoms. The van der Waals surface area contributed by atoms with E-state index in [4.69, 9.17) is 38.7 Å². The molecule has 3 N–H and O–H groups in total. The zero-order valence-corrected chi connectivity index (χ0v) is 15.1. The highest BCUT2D eigenvalue weighted by molar-refractivity contribution is 8.09. The molecule has 1 saturated heterocycles. The second kappa shape index (κ2) is 9.26. The lowest BCUT2D eigenvalue weighted by molar-refractivity contribution is 0.0318. The van der Waals surface area contributed by atoms with Crippen molar-refractivity contribution in [2.24, 2.45) is 0 Å². The summed E-state index contributed by atoms with van der Waals surface area (Å²) < 4.78 is 25.9. The van der Waals surface area contributed by atoms with Crippen molar-refractivity contribution in [3.63, 3.8) is 0 Å². The number of unbranched alkanes of at least 4 members (excludes halogenated alkanes) is 3. The van der Waals surface area contributed by atoms with Gasteiger partial charge in [0.15, 0.2) is 6.49 Å². The lowest BCUT2D eigenvalue weighted by atomic mass is 9.95. The van der Waals surface area contributed by atoms with Crippen LogP contribution in [0.3, 0.4) is 0 Å². The number of hydrogen-bond donors (Lipinski definition) is 3. The summed E-state index contributed by atoms with van der Waals surface area (Å²) in [5.41, 5.74) is 0. The molecule has 0 spiro atoms. The predicted octanol–water partition coefficient (Wildman–Crippen LogP) is 1.65. The molecule has 1 heterocycles. The fourth-order valence-corrected chi connectivity index (χ4v) is 4.59. The predicted molar refractivity (Wildman–Crippen MR) is 87.4 cm³/mol. The standard InChI is InChI=1S/C11H23BO7P2S/c1-2-3-4-5-6-20(13,22)19-10-7-9(18-11(10)12)8-17-21(14,15)16/h9-11H,2-8H2,1H3,(H,13,22)(H2,14,15,16)/t9-,10+,11+,20?/m0/s1. The molecule has 0 aromatic heterocycles. The van der Waals surface area contributed by atoms with Gasteiger partial charge in [-0.05, 0) is 18.2 Å². The van der Waals surface area contributed by atoms with Gasteiger partial charge < -0.3 is 23.9 Å². The molecule has 7 nitrogen and oxygen atoms in total. The Kier molecular flexibility index (Phi) is 8.73. The minimum atomic E-state index is -4.54. The first-order valence-electron chi connectivity index (χ1n) is 7.24. The Labute approximate surface area is 137 Å². The summed E-state index contributed by atoms with van der Waals surface area (Å²) in [4.78, 5) is 27.5. The van der Waals surface area contributed by atoms with Crippen LogP contribution in [0.15, 0.2) is 0 Å². The molecule has 1 aliphatic rings. The summed E-state index contributed by atoms with van der Waals surface area (Å²) in [5.74, 6) is 0. The van der Waals surface area contributed by atoms with E-state index < -0.39 is 32.5 Å². The molecule has 128 valence electrons. The first-order chi connectivity index (χ1) is 10.1. The van der Waals surface area contributed by atoms with Gasteiger partial charge in [0, 0.05) is 18.6 Å². The van der Waals surface area contributed by atoms with Gasteiger partial charge in [-0.25, -0.2) is 4.57 Å². The van der Waals surface area contributed by atoms with Gasteiger partial charge in [-0.15, -0.1) is 0 Å². The maximum atomic E-state index is 10.7. The Morgan fingerprint density at radius 3 is 2.59 bits per heavy atom. The summed E-state index contributed by atoms with van der Waals surface area (Å²) in [7, 11) is 1.21. The van der Waals surface area contributed by atoms with Gasteiger partial charge in [-0.3, -0.25) is 4.52 Å². The van der Waals surface area contributed by atoms with Gasteiger partial charge in [0.1, 0.15) is 7.85 Å². The van der Waals surface area contributed by atoms with Gasteiger partial charge >= 0.3 is 7.82 Å². The van der Waals surface area contributed by atoms with Gasteiger partial charge in [0.05, 0.1) is 18.8 Å². The maximum Gasteiger partial charge on any atom is 0.469 e. The SMILES string of the molecule is [B][C@@H]1O[C@H](COP(=O)(O)O)C[C@H]1OP(O)(=S)CCCCCC. The summed E-state index contributed by atoms with van der Waals surface area (Å²) >= 11 is 5.12. The molecule has 1 unspecified atom stereocenters. The molecule has 0 aromatic carbocycles. The van der Waals surface area contributed by atoms with Crippen LogP contribution in [0, 0.1) is 0 Å². The van der Waals surface area contributed by atoms with Crippen molar-refractivity contribution < 1.29 is 33.0 Å². The largest absolute Gasteiger partial charge is 0.469 e. The molecule has 1 fully saturated rings. The third-order valence-corrected chi connectivity index (χ3v) is 6.01. The molecule has 1 rings (SSSR count). The number of phosphoric ester groups is 1. The van der Waals surface area contributed by atoms with Crippen LogP contribution >= 0.6 is 14.3 Å². The molecule has 2 radical (unpaired) electrons. The maximum absolute atomic E-state index is 10.7. The van der Waals surface area contributed by atoms with E-state index in [0.717, 1.165) is 25.7 Å². The fraction of sp³-hybridized carbons (Fsp3) is 1.00. The van der Waals surface area contributed by atoms with Gasteiger partial charge in [-0.2, -0.15) is 0 Å². The Bertz CT molecular complexity index is 433. The number of phosphoric acid groups is 1.